The van der Waals surface area contributed by atoms with E-state index in [2.05, 4.69) is 45.5 Å². The number of fused-ring (bicyclic) bond motifs is 1. The van der Waals surface area contributed by atoms with Crippen molar-refractivity contribution in [1.82, 2.24) is 20.3 Å². The summed E-state index contributed by atoms with van der Waals surface area (Å²) in [5.41, 5.74) is 4.23. The highest BCUT2D eigenvalue weighted by Crippen LogP contribution is 2.29. The molecular formula is C23H23N5O2. The second kappa shape index (κ2) is 8.24. The summed E-state index contributed by atoms with van der Waals surface area (Å²) in [5.74, 6) is 1.97. The normalized spacial score (nSPS) is 10.9. The molecule has 2 aromatic heterocycles. The third kappa shape index (κ3) is 4.10. The Morgan fingerprint density at radius 3 is 2.67 bits per heavy atom. The number of aromatic amines is 1. The number of hydrogen-bond acceptors (Lipinski definition) is 5. The maximum Gasteiger partial charge on any atom is 0.269 e. The Balaban J connectivity index is 1.57. The van der Waals surface area contributed by atoms with Gasteiger partial charge in [-0.1, -0.05) is 32.0 Å². The lowest BCUT2D eigenvalue weighted by atomic mass is 10.0. The summed E-state index contributed by atoms with van der Waals surface area (Å²) in [4.78, 5) is 23.7. The topological polar surface area (TPSA) is 91.9 Å². The fraction of sp³-hybridized carbons (Fsp3) is 0.174. The van der Waals surface area contributed by atoms with E-state index in [4.69, 9.17) is 4.74 Å². The van der Waals surface area contributed by atoms with Gasteiger partial charge in [-0.15, -0.1) is 0 Å². The van der Waals surface area contributed by atoms with Crippen molar-refractivity contribution in [2.24, 2.45) is 0 Å². The minimum absolute atomic E-state index is 0.262. The number of aromatic nitrogens is 3. The van der Waals surface area contributed by atoms with Crippen LogP contribution in [0.3, 0.4) is 0 Å². The molecule has 0 aliphatic heterocycles. The molecule has 0 saturated carbocycles. The van der Waals surface area contributed by atoms with Crippen molar-refractivity contribution in [3.8, 4) is 11.5 Å². The molecule has 0 fully saturated rings. The summed E-state index contributed by atoms with van der Waals surface area (Å²) in [5, 5.41) is 5.93. The summed E-state index contributed by atoms with van der Waals surface area (Å²) in [7, 11) is 1.56. The molecule has 0 radical (unpaired) electrons. The molecule has 30 heavy (non-hydrogen) atoms. The molecule has 0 aliphatic rings. The molecule has 4 aromatic rings. The minimum atomic E-state index is -0.262. The first kappa shape index (κ1) is 19.4. The van der Waals surface area contributed by atoms with Gasteiger partial charge in [-0.25, -0.2) is 4.98 Å². The molecule has 2 heterocycles. The van der Waals surface area contributed by atoms with E-state index in [0.717, 1.165) is 16.7 Å². The van der Waals surface area contributed by atoms with Gasteiger partial charge >= 0.3 is 0 Å². The Labute approximate surface area is 174 Å². The number of benzene rings is 2. The largest absolute Gasteiger partial charge is 0.457 e. The molecule has 0 bridgehead atoms. The number of rotatable bonds is 6. The number of anilines is 2. The molecule has 0 spiro atoms. The number of carbonyl (C=O) groups is 1. The Kier molecular flexibility index (Phi) is 5.34. The molecule has 152 valence electrons. The quantitative estimate of drug-likeness (QED) is 0.424. The molecule has 0 aliphatic carbocycles. The number of pyridine rings is 1. The van der Waals surface area contributed by atoms with Crippen molar-refractivity contribution in [2.45, 2.75) is 19.8 Å². The fourth-order valence-corrected chi connectivity index (χ4v) is 3.22. The first-order valence-corrected chi connectivity index (χ1v) is 9.75. The minimum Gasteiger partial charge on any atom is -0.457 e. The maximum absolute atomic E-state index is 11.8. The predicted octanol–water partition coefficient (Wildman–Crippen LogP) is 4.98. The van der Waals surface area contributed by atoms with Crippen molar-refractivity contribution in [2.75, 3.05) is 12.4 Å². The van der Waals surface area contributed by atoms with Gasteiger partial charge in [0.25, 0.3) is 5.91 Å². The van der Waals surface area contributed by atoms with Gasteiger partial charge in [0, 0.05) is 31.1 Å². The van der Waals surface area contributed by atoms with Crippen LogP contribution >= 0.6 is 0 Å². The Morgan fingerprint density at radius 1 is 1.07 bits per heavy atom. The Morgan fingerprint density at radius 2 is 1.87 bits per heavy atom. The van der Waals surface area contributed by atoms with Gasteiger partial charge in [0.15, 0.2) is 0 Å². The number of imidazole rings is 1. The van der Waals surface area contributed by atoms with Crippen molar-refractivity contribution in [3.05, 3.63) is 72.1 Å². The van der Waals surface area contributed by atoms with Gasteiger partial charge in [0.2, 0.25) is 5.95 Å². The van der Waals surface area contributed by atoms with Crippen LogP contribution in [0.25, 0.3) is 11.0 Å². The Hall–Kier alpha value is -3.87. The van der Waals surface area contributed by atoms with Crippen LogP contribution in [0, 0.1) is 0 Å². The number of para-hydroxylation sites is 1. The summed E-state index contributed by atoms with van der Waals surface area (Å²) < 4.78 is 5.91. The smallest absolute Gasteiger partial charge is 0.269 e. The first-order chi connectivity index (χ1) is 14.5. The molecule has 2 aromatic carbocycles. The van der Waals surface area contributed by atoms with Crippen LogP contribution < -0.4 is 15.4 Å². The number of hydrogen-bond donors (Lipinski definition) is 3. The third-order valence-electron chi connectivity index (χ3n) is 4.72. The summed E-state index contributed by atoms with van der Waals surface area (Å²) >= 11 is 0. The zero-order valence-electron chi connectivity index (χ0n) is 17.1. The lowest BCUT2D eigenvalue weighted by Crippen LogP contribution is -2.18. The van der Waals surface area contributed by atoms with Crippen molar-refractivity contribution >= 4 is 28.6 Å². The molecule has 7 nitrogen and oxygen atoms in total. The zero-order chi connectivity index (χ0) is 21.1. The first-order valence-electron chi connectivity index (χ1n) is 9.75. The van der Waals surface area contributed by atoms with E-state index in [9.17, 15) is 4.79 Å². The number of nitrogens with zero attached hydrogens (tertiary/aromatic N) is 2. The molecule has 0 unspecified atom stereocenters. The van der Waals surface area contributed by atoms with Gasteiger partial charge in [-0.2, -0.15) is 0 Å². The van der Waals surface area contributed by atoms with E-state index in [0.29, 0.717) is 29.1 Å². The van der Waals surface area contributed by atoms with E-state index in [1.54, 1.807) is 25.4 Å². The van der Waals surface area contributed by atoms with Crippen LogP contribution in [0.4, 0.5) is 11.6 Å². The summed E-state index contributed by atoms with van der Waals surface area (Å²) in [6.07, 6.45) is 1.54. The van der Waals surface area contributed by atoms with Crippen LogP contribution in [0.2, 0.25) is 0 Å². The van der Waals surface area contributed by atoms with E-state index in [1.807, 2.05) is 36.4 Å². The molecule has 0 saturated heterocycles. The number of amides is 1. The zero-order valence-corrected chi connectivity index (χ0v) is 17.1. The predicted molar refractivity (Wildman–Crippen MR) is 118 cm³/mol. The second-order valence-corrected chi connectivity index (χ2v) is 7.19. The second-order valence-electron chi connectivity index (χ2n) is 7.19. The van der Waals surface area contributed by atoms with Gasteiger partial charge in [-0.3, -0.25) is 9.78 Å². The van der Waals surface area contributed by atoms with E-state index < -0.39 is 0 Å². The average Bonchev–Trinajstić information content (AvgIpc) is 3.15. The number of ether oxygens (including phenoxy) is 1. The molecule has 0 atom stereocenters. The van der Waals surface area contributed by atoms with E-state index in [-0.39, 0.29) is 5.91 Å². The van der Waals surface area contributed by atoms with Crippen LogP contribution in [-0.4, -0.2) is 27.9 Å². The highest BCUT2D eigenvalue weighted by Gasteiger charge is 2.10. The van der Waals surface area contributed by atoms with Crippen LogP contribution in [0.1, 0.15) is 35.8 Å². The van der Waals surface area contributed by atoms with Crippen LogP contribution in [0.5, 0.6) is 11.5 Å². The molecule has 7 heteroatoms. The van der Waals surface area contributed by atoms with Crippen molar-refractivity contribution in [3.63, 3.8) is 0 Å². The van der Waals surface area contributed by atoms with Crippen LogP contribution in [-0.2, 0) is 0 Å². The van der Waals surface area contributed by atoms with Gasteiger partial charge < -0.3 is 20.4 Å². The SMILES string of the molecule is CNC(=O)c1cc(Oc2ccc3nc(Nc4ccccc4C(C)C)[nH]c3c2)ccn1. The van der Waals surface area contributed by atoms with E-state index in [1.165, 1.54) is 5.56 Å². The van der Waals surface area contributed by atoms with E-state index >= 15 is 0 Å². The lowest BCUT2D eigenvalue weighted by molar-refractivity contribution is 0.0958. The molecule has 4 rings (SSSR count). The average molecular weight is 401 g/mol. The standard InChI is InChI=1S/C23H23N5O2/c1-14(2)17-6-4-5-7-18(17)26-23-27-19-9-8-15(12-20(19)28-23)30-16-10-11-25-21(13-16)22(29)24-3/h4-14H,1-3H3,(H,24,29)(H2,26,27,28). The lowest BCUT2D eigenvalue weighted by Gasteiger charge is -2.12. The molecular weight excluding hydrogens is 378 g/mol. The molecule has 3 N–H and O–H groups in total. The van der Waals surface area contributed by atoms with Crippen molar-refractivity contribution in [1.29, 1.82) is 0 Å². The number of carbonyl (C=O) groups excluding carboxylic acids is 1. The monoisotopic (exact) mass is 401 g/mol. The van der Waals surface area contributed by atoms with Gasteiger partial charge in [0.1, 0.15) is 17.2 Å². The van der Waals surface area contributed by atoms with Gasteiger partial charge in [-0.05, 0) is 35.7 Å². The highest BCUT2D eigenvalue weighted by atomic mass is 16.5. The Bertz CT molecular complexity index is 1200. The van der Waals surface area contributed by atoms with Gasteiger partial charge in [0.05, 0.1) is 11.0 Å². The molecule has 1 amide bonds. The number of nitrogens with one attached hydrogen (secondary N) is 3. The maximum atomic E-state index is 11.8. The number of H-pyrrole nitrogens is 1. The fourth-order valence-electron chi connectivity index (χ4n) is 3.22. The van der Waals surface area contributed by atoms with Crippen LogP contribution in [0.15, 0.2) is 60.8 Å². The summed E-state index contributed by atoms with van der Waals surface area (Å²) in [6, 6.07) is 17.1. The third-order valence-corrected chi connectivity index (χ3v) is 4.72. The summed E-state index contributed by atoms with van der Waals surface area (Å²) in [6.45, 7) is 4.33. The van der Waals surface area contributed by atoms with Crippen molar-refractivity contribution < 1.29 is 9.53 Å². The highest BCUT2D eigenvalue weighted by molar-refractivity contribution is 5.92.